The first-order valence-electron chi connectivity index (χ1n) is 8.79. The van der Waals surface area contributed by atoms with Crippen molar-refractivity contribution < 1.29 is 9.47 Å². The second-order valence-electron chi connectivity index (χ2n) is 6.46. The minimum atomic E-state index is 0.498. The number of ether oxygens (including phenoxy) is 2. The van der Waals surface area contributed by atoms with Crippen LogP contribution in [0.4, 0.5) is 0 Å². The Labute approximate surface area is 154 Å². The standard InChI is InChI=1S/C19H27N5O2/c1-20-19(21-10-14-5-6-17(25-3)9-18(14)26-4)24-8-7-15(13-24)16-11-22-23(2)12-16/h5-6,9,11-12,15H,7-8,10,13H2,1-4H3,(H,20,21). The molecule has 3 rings (SSSR count). The molecule has 7 nitrogen and oxygen atoms in total. The quantitative estimate of drug-likeness (QED) is 0.655. The van der Waals surface area contributed by atoms with Crippen molar-refractivity contribution in [1.29, 1.82) is 0 Å². The molecule has 0 bridgehead atoms. The second kappa shape index (κ2) is 8.12. The van der Waals surface area contributed by atoms with E-state index in [0.717, 1.165) is 42.5 Å². The van der Waals surface area contributed by atoms with Crippen LogP contribution < -0.4 is 14.8 Å². The van der Waals surface area contributed by atoms with E-state index in [9.17, 15) is 0 Å². The average Bonchev–Trinajstić information content (AvgIpc) is 3.31. The number of nitrogens with one attached hydrogen (secondary N) is 1. The van der Waals surface area contributed by atoms with Gasteiger partial charge in [0.25, 0.3) is 0 Å². The molecule has 1 atom stereocenters. The molecule has 0 spiro atoms. The summed E-state index contributed by atoms with van der Waals surface area (Å²) in [6, 6.07) is 5.85. The van der Waals surface area contributed by atoms with Crippen molar-refractivity contribution in [1.82, 2.24) is 20.0 Å². The van der Waals surface area contributed by atoms with Gasteiger partial charge in [-0.1, -0.05) is 0 Å². The molecule has 0 amide bonds. The van der Waals surface area contributed by atoms with Gasteiger partial charge in [-0.25, -0.2) is 0 Å². The Bertz CT molecular complexity index is 771. The Morgan fingerprint density at radius 1 is 1.35 bits per heavy atom. The zero-order valence-corrected chi connectivity index (χ0v) is 15.9. The number of aliphatic imine (C=N–C) groups is 1. The second-order valence-corrected chi connectivity index (χ2v) is 6.46. The Hall–Kier alpha value is -2.70. The maximum absolute atomic E-state index is 5.47. The van der Waals surface area contributed by atoms with Gasteiger partial charge in [-0.3, -0.25) is 9.67 Å². The highest BCUT2D eigenvalue weighted by molar-refractivity contribution is 5.80. The van der Waals surface area contributed by atoms with E-state index < -0.39 is 0 Å². The van der Waals surface area contributed by atoms with Crippen LogP contribution >= 0.6 is 0 Å². The molecule has 1 aromatic heterocycles. The molecule has 0 aliphatic carbocycles. The summed E-state index contributed by atoms with van der Waals surface area (Å²) in [5, 5.41) is 7.74. The van der Waals surface area contributed by atoms with Gasteiger partial charge in [0.05, 0.1) is 20.4 Å². The number of methoxy groups -OCH3 is 2. The van der Waals surface area contributed by atoms with Crippen LogP contribution in [-0.2, 0) is 13.6 Å². The lowest BCUT2D eigenvalue weighted by atomic mass is 10.0. The average molecular weight is 357 g/mol. The molecule has 1 fully saturated rings. The van der Waals surface area contributed by atoms with Crippen molar-refractivity contribution in [2.75, 3.05) is 34.4 Å². The van der Waals surface area contributed by atoms with Crippen LogP contribution in [0.2, 0.25) is 0 Å². The summed E-state index contributed by atoms with van der Waals surface area (Å²) in [5.74, 6) is 3.00. The molecular weight excluding hydrogens is 330 g/mol. The fraction of sp³-hybridized carbons (Fsp3) is 0.474. The SMILES string of the molecule is CN=C(NCc1ccc(OC)cc1OC)N1CCC(c2cnn(C)c2)C1. The number of hydrogen-bond donors (Lipinski definition) is 1. The van der Waals surface area contributed by atoms with Crippen molar-refractivity contribution in [3.63, 3.8) is 0 Å². The first-order chi connectivity index (χ1) is 12.6. The normalized spacial score (nSPS) is 17.5. The van der Waals surface area contributed by atoms with Crippen LogP contribution in [0.3, 0.4) is 0 Å². The van der Waals surface area contributed by atoms with E-state index >= 15 is 0 Å². The maximum atomic E-state index is 5.47. The smallest absolute Gasteiger partial charge is 0.193 e. The number of nitrogens with zero attached hydrogens (tertiary/aromatic N) is 4. The molecule has 1 aliphatic rings. The van der Waals surface area contributed by atoms with Gasteiger partial charge in [0.15, 0.2) is 5.96 Å². The summed E-state index contributed by atoms with van der Waals surface area (Å²) < 4.78 is 12.6. The molecule has 26 heavy (non-hydrogen) atoms. The molecule has 7 heteroatoms. The third-order valence-corrected chi connectivity index (χ3v) is 4.83. The van der Waals surface area contributed by atoms with Gasteiger partial charge in [-0.15, -0.1) is 0 Å². The Morgan fingerprint density at radius 2 is 2.19 bits per heavy atom. The first kappa shape index (κ1) is 18.1. The molecule has 1 aliphatic heterocycles. The van der Waals surface area contributed by atoms with Gasteiger partial charge in [0, 0.05) is 57.5 Å². The minimum Gasteiger partial charge on any atom is -0.497 e. The van der Waals surface area contributed by atoms with Crippen LogP contribution in [0, 0.1) is 0 Å². The lowest BCUT2D eigenvalue weighted by molar-refractivity contribution is 0.390. The fourth-order valence-corrected chi connectivity index (χ4v) is 3.38. The highest BCUT2D eigenvalue weighted by Gasteiger charge is 2.26. The number of aryl methyl sites for hydroxylation is 1. The topological polar surface area (TPSA) is 63.9 Å². The van der Waals surface area contributed by atoms with Gasteiger partial charge < -0.3 is 19.7 Å². The number of hydrogen-bond acceptors (Lipinski definition) is 4. The van der Waals surface area contributed by atoms with E-state index in [1.165, 1.54) is 5.56 Å². The zero-order chi connectivity index (χ0) is 18.5. The molecule has 140 valence electrons. The fourth-order valence-electron chi connectivity index (χ4n) is 3.38. The van der Waals surface area contributed by atoms with Crippen LogP contribution in [-0.4, -0.2) is 55.0 Å². The summed E-state index contributed by atoms with van der Waals surface area (Å²) in [6.07, 6.45) is 5.18. The van der Waals surface area contributed by atoms with Crippen molar-refractivity contribution in [2.45, 2.75) is 18.9 Å². The highest BCUT2D eigenvalue weighted by atomic mass is 16.5. The highest BCUT2D eigenvalue weighted by Crippen LogP contribution is 2.27. The summed E-state index contributed by atoms with van der Waals surface area (Å²) in [6.45, 7) is 2.58. The van der Waals surface area contributed by atoms with Gasteiger partial charge in [0.1, 0.15) is 11.5 Å². The monoisotopic (exact) mass is 357 g/mol. The van der Waals surface area contributed by atoms with Crippen LogP contribution in [0.1, 0.15) is 23.5 Å². The van der Waals surface area contributed by atoms with E-state index in [0.29, 0.717) is 12.5 Å². The van der Waals surface area contributed by atoms with E-state index in [1.807, 2.05) is 43.2 Å². The van der Waals surface area contributed by atoms with E-state index in [-0.39, 0.29) is 0 Å². The molecule has 0 saturated carbocycles. The molecule has 1 N–H and O–H groups in total. The summed E-state index contributed by atoms with van der Waals surface area (Å²) >= 11 is 0. The largest absolute Gasteiger partial charge is 0.497 e. The zero-order valence-electron chi connectivity index (χ0n) is 15.9. The van der Waals surface area contributed by atoms with Crippen molar-refractivity contribution >= 4 is 5.96 Å². The van der Waals surface area contributed by atoms with Gasteiger partial charge >= 0.3 is 0 Å². The molecule has 2 aromatic rings. The van der Waals surface area contributed by atoms with Crippen molar-refractivity contribution in [2.24, 2.45) is 12.0 Å². The molecular formula is C19H27N5O2. The predicted octanol–water partition coefficient (Wildman–Crippen LogP) is 2.00. The lowest BCUT2D eigenvalue weighted by Gasteiger charge is -2.22. The van der Waals surface area contributed by atoms with Crippen molar-refractivity contribution in [3.8, 4) is 11.5 Å². The summed E-state index contributed by atoms with van der Waals surface area (Å²) in [7, 11) is 7.11. The van der Waals surface area contributed by atoms with Crippen molar-refractivity contribution in [3.05, 3.63) is 41.7 Å². The number of rotatable bonds is 5. The van der Waals surface area contributed by atoms with Gasteiger partial charge in [0.2, 0.25) is 0 Å². The summed E-state index contributed by atoms with van der Waals surface area (Å²) in [4.78, 5) is 6.75. The molecule has 1 aromatic carbocycles. The Balaban J connectivity index is 1.62. The van der Waals surface area contributed by atoms with E-state index in [1.54, 1.807) is 14.2 Å². The Kier molecular flexibility index (Phi) is 5.65. The molecule has 0 radical (unpaired) electrons. The maximum Gasteiger partial charge on any atom is 0.193 e. The predicted molar refractivity (Wildman–Crippen MR) is 102 cm³/mol. The van der Waals surface area contributed by atoms with E-state index in [4.69, 9.17) is 9.47 Å². The lowest BCUT2D eigenvalue weighted by Crippen LogP contribution is -2.39. The van der Waals surface area contributed by atoms with Gasteiger partial charge in [-0.2, -0.15) is 5.10 Å². The molecule has 1 unspecified atom stereocenters. The third kappa shape index (κ3) is 3.92. The molecule has 1 saturated heterocycles. The van der Waals surface area contributed by atoms with Gasteiger partial charge in [-0.05, 0) is 24.1 Å². The number of aromatic nitrogens is 2. The molecule has 2 heterocycles. The van der Waals surface area contributed by atoms with Crippen LogP contribution in [0.25, 0.3) is 0 Å². The first-order valence-corrected chi connectivity index (χ1v) is 8.79. The number of guanidine groups is 1. The number of benzene rings is 1. The minimum absolute atomic E-state index is 0.498. The third-order valence-electron chi connectivity index (χ3n) is 4.83. The van der Waals surface area contributed by atoms with Crippen LogP contribution in [0.5, 0.6) is 11.5 Å². The van der Waals surface area contributed by atoms with Crippen LogP contribution in [0.15, 0.2) is 35.6 Å². The summed E-state index contributed by atoms with van der Waals surface area (Å²) in [5.41, 5.74) is 2.36. The number of likely N-dealkylation sites (tertiary alicyclic amines) is 1. The Morgan fingerprint density at radius 3 is 2.85 bits per heavy atom. The van der Waals surface area contributed by atoms with E-state index in [2.05, 4.69) is 26.5 Å².